The highest BCUT2D eigenvalue weighted by atomic mass is 15.0. The van der Waals surface area contributed by atoms with Crippen LogP contribution in [0.2, 0.25) is 0 Å². The molecule has 1 unspecified atom stereocenters. The quantitative estimate of drug-likeness (QED) is 0.148. The second-order valence-electron chi connectivity index (χ2n) is 24.4. The monoisotopic (exact) mass is 1180 g/mol. The molecule has 0 bridgehead atoms. The van der Waals surface area contributed by atoms with Gasteiger partial charge in [-0.3, -0.25) is 0 Å². The van der Waals surface area contributed by atoms with Gasteiger partial charge in [-0.15, -0.1) is 0 Å². The fourth-order valence-corrected chi connectivity index (χ4v) is 12.6. The van der Waals surface area contributed by atoms with Gasteiger partial charge in [-0.2, -0.15) is 13.7 Å². The van der Waals surface area contributed by atoms with Gasteiger partial charge >= 0.3 is 0 Å². The number of fused-ring (bicyclic) bond motifs is 2. The Labute approximate surface area is 544 Å². The lowest BCUT2D eigenvalue weighted by atomic mass is 9.88. The van der Waals surface area contributed by atoms with E-state index in [9.17, 15) is 0 Å². The molecule has 454 valence electrons. The average molecular weight is 1180 g/mol. The first kappa shape index (κ1) is 52.9. The predicted octanol–water partition coefficient (Wildman–Crippen LogP) is 17.5. The van der Waals surface area contributed by atoms with E-state index in [1.165, 1.54) is 103 Å². The molecule has 2 aliphatic rings. The summed E-state index contributed by atoms with van der Waals surface area (Å²) in [4.78, 5) is 0. The Kier molecular flexibility index (Phi) is 17.9. The highest BCUT2D eigenvalue weighted by molar-refractivity contribution is 5.68. The van der Waals surface area contributed by atoms with Crippen LogP contribution in [-0.4, -0.2) is 0 Å². The summed E-state index contributed by atoms with van der Waals surface area (Å²) in [5.74, 6) is -1.63. The van der Waals surface area contributed by atoms with Gasteiger partial charge in [0.05, 0.1) is 0 Å². The van der Waals surface area contributed by atoms with Gasteiger partial charge in [0.1, 0.15) is 35.2 Å². The summed E-state index contributed by atoms with van der Waals surface area (Å²) in [6, 6.07) is 53.7. The van der Waals surface area contributed by atoms with Crippen LogP contribution in [0.4, 0.5) is 0 Å². The molecule has 5 heteroatoms. The third-order valence-corrected chi connectivity index (χ3v) is 18.5. The van der Waals surface area contributed by atoms with E-state index in [-0.39, 0.29) is 0 Å². The van der Waals surface area contributed by atoms with Crippen molar-refractivity contribution in [3.63, 3.8) is 0 Å². The summed E-state index contributed by atoms with van der Waals surface area (Å²) in [7, 11) is 10.1. The smallest absolute Gasteiger partial charge is 0.201 e. The SMILES string of the molecule is Cc1ccccc1-c1c2c(cc[n+]1C)CCCC2.Cc1ccccc1-c1cc2c(c[n+]1C)CCCC2.[2H]C([2H])([2H])C([2H])(C)c1ccc(-c2ccccc2C)[n+](C)c1C.[2H]C([2H])([2H])c1c(C)c(C)c(-c2ccccc2C)[n+](C)c1C.[2H]C([2H])([2H])c1ccc(-c2ccccc2C)[n+](C)c1C. The fourth-order valence-electron chi connectivity index (χ4n) is 12.6. The van der Waals surface area contributed by atoms with Crippen molar-refractivity contribution >= 4 is 0 Å². The number of benzene rings is 5. The standard InChI is InChI=1S/2C17H20N.2C17H22N.C15H18N/c1-13-7-3-6-10-16(13)17-11-14-8-4-5-9-15(14)12-18(17)2;1-13-7-3-5-9-15(13)17-16-10-6-4-8-14(16)11-12-18(17)2;1-11-9-7-8-10-16(11)17-14(4)12(2)13(3)15(5)18(17)6;1-12(2)15-10-11-17(18(5)14(15)4)16-9-7-6-8-13(16)3;1-11-9-10-15(16(4)13(11)3)14-8-6-5-7-12(14)2/h3,6-7,10-12H,4-5,8-9H2,1-2H3;3,5,7,9,11-12H,4,6,8,10H2,1-2H3;7-10H,1-6H3;6-12H,1-5H3;5-10H,1-4H3/q5*+1/i;;3D3;1D3,12D;1D3. The summed E-state index contributed by atoms with van der Waals surface area (Å²) in [6.45, 7) is 15.0. The van der Waals surface area contributed by atoms with Crippen LogP contribution in [0.5, 0.6) is 0 Å². The minimum atomic E-state index is -2.37. The summed E-state index contributed by atoms with van der Waals surface area (Å²) in [5.41, 5.74) is 30.2. The number of hydrogen-bond donors (Lipinski definition) is 0. The van der Waals surface area contributed by atoms with Crippen molar-refractivity contribution in [2.45, 2.75) is 154 Å². The van der Waals surface area contributed by atoms with E-state index < -0.39 is 26.4 Å². The molecule has 0 fully saturated rings. The summed E-state index contributed by atoms with van der Waals surface area (Å²) >= 11 is 0. The van der Waals surface area contributed by atoms with Crippen LogP contribution in [-0.2, 0) is 60.9 Å². The van der Waals surface area contributed by atoms with E-state index in [0.717, 1.165) is 67.5 Å². The number of pyridine rings is 5. The van der Waals surface area contributed by atoms with Gasteiger partial charge in [0.2, 0.25) is 28.5 Å². The van der Waals surface area contributed by atoms with Gasteiger partial charge in [-0.05, 0) is 206 Å². The van der Waals surface area contributed by atoms with Crippen LogP contribution in [0.3, 0.4) is 0 Å². The first-order valence-electron chi connectivity index (χ1n) is 36.4. The van der Waals surface area contributed by atoms with E-state index in [0.29, 0.717) is 16.7 Å². The van der Waals surface area contributed by atoms with Gasteiger partial charge in [0.25, 0.3) is 0 Å². The largest absolute Gasteiger partial charge is 0.216 e. The molecule has 0 aliphatic heterocycles. The minimum Gasteiger partial charge on any atom is -0.201 e. The molecule has 0 saturated carbocycles. The molecule has 12 rings (SSSR count). The number of rotatable bonds is 6. The van der Waals surface area contributed by atoms with Gasteiger partial charge in [-0.25, -0.2) is 9.13 Å². The van der Waals surface area contributed by atoms with Crippen molar-refractivity contribution in [1.29, 1.82) is 0 Å². The molecule has 0 amide bonds. The predicted molar refractivity (Wildman–Crippen MR) is 369 cm³/mol. The van der Waals surface area contributed by atoms with Gasteiger partial charge < -0.3 is 0 Å². The van der Waals surface area contributed by atoms with Crippen LogP contribution in [0.25, 0.3) is 56.3 Å². The normalized spacial score (nSPS) is 15.0. The van der Waals surface area contributed by atoms with Crippen molar-refractivity contribution in [3.05, 3.63) is 265 Å². The Morgan fingerprint density at radius 3 is 1.34 bits per heavy atom. The maximum Gasteiger partial charge on any atom is 0.216 e. The minimum absolute atomic E-state index is 0.410. The molecule has 0 spiro atoms. The van der Waals surface area contributed by atoms with Crippen molar-refractivity contribution in [2.75, 3.05) is 0 Å². The van der Waals surface area contributed by atoms with Crippen LogP contribution < -0.4 is 22.8 Å². The van der Waals surface area contributed by atoms with Crippen molar-refractivity contribution < 1.29 is 36.5 Å². The average Bonchev–Trinajstić information content (AvgIpc) is 0.773. The van der Waals surface area contributed by atoms with Crippen LogP contribution in [0.1, 0.15) is 154 Å². The van der Waals surface area contributed by atoms with E-state index in [2.05, 4.69) is 161 Å². The molecule has 0 saturated heterocycles. The highest BCUT2D eigenvalue weighted by Gasteiger charge is 2.26. The number of aromatic nitrogens is 5. The van der Waals surface area contributed by atoms with E-state index in [4.69, 9.17) is 13.7 Å². The Morgan fingerprint density at radius 2 is 0.830 bits per heavy atom. The molecule has 88 heavy (non-hydrogen) atoms. The third kappa shape index (κ3) is 14.9. The fraction of sp³-hybridized carbons (Fsp3) is 0.337. The maximum absolute atomic E-state index is 8.30. The molecule has 5 aromatic carbocycles. The zero-order chi connectivity index (χ0) is 71.9. The lowest BCUT2D eigenvalue weighted by Crippen LogP contribution is -2.37. The Morgan fingerprint density at radius 1 is 0.375 bits per heavy atom. The summed E-state index contributed by atoms with van der Waals surface area (Å²) in [6.07, 6.45) is 14.9. The first-order valence-corrected chi connectivity index (χ1v) is 31.4. The zero-order valence-corrected chi connectivity index (χ0v) is 55.6. The molecule has 1 atom stereocenters. The number of nitrogens with zero attached hydrogens (tertiary/aromatic N) is 5. The Balaban J connectivity index is 0.000000157. The molecular formula is C83H102N5+5. The van der Waals surface area contributed by atoms with Crippen LogP contribution in [0, 0.1) is 82.9 Å². The van der Waals surface area contributed by atoms with Gasteiger partial charge in [0.15, 0.2) is 29.5 Å². The molecular weight excluding hydrogens is 1070 g/mol. The Hall–Kier alpha value is -8.15. The maximum atomic E-state index is 8.30. The lowest BCUT2D eigenvalue weighted by Gasteiger charge is -2.17. The van der Waals surface area contributed by atoms with E-state index in [1.807, 2.05) is 124 Å². The molecule has 2 aliphatic carbocycles. The van der Waals surface area contributed by atoms with Crippen molar-refractivity contribution in [2.24, 2.45) is 35.2 Å². The second kappa shape index (κ2) is 29.7. The van der Waals surface area contributed by atoms with Crippen LogP contribution >= 0.6 is 0 Å². The number of aryl methyl sites for hydroxylation is 11. The van der Waals surface area contributed by atoms with Crippen molar-refractivity contribution in [1.82, 2.24) is 0 Å². The highest BCUT2D eigenvalue weighted by Crippen LogP contribution is 2.32. The van der Waals surface area contributed by atoms with E-state index in [1.54, 1.807) is 34.4 Å². The van der Waals surface area contributed by atoms with Gasteiger partial charge in [0, 0.05) is 120 Å². The summed E-state index contributed by atoms with van der Waals surface area (Å²) in [5, 5.41) is 0. The third-order valence-electron chi connectivity index (χ3n) is 18.5. The first-order chi connectivity index (χ1) is 46.1. The topological polar surface area (TPSA) is 19.4 Å². The van der Waals surface area contributed by atoms with Crippen LogP contribution in [0.15, 0.2) is 170 Å². The molecule has 5 heterocycles. The molecule has 0 N–H and O–H groups in total. The van der Waals surface area contributed by atoms with Crippen molar-refractivity contribution in [3.8, 4) is 56.3 Å². The summed E-state index contributed by atoms with van der Waals surface area (Å²) < 4.78 is 87.7. The molecule has 5 aromatic heterocycles. The Bertz CT molecular complexity index is 4490. The lowest BCUT2D eigenvalue weighted by molar-refractivity contribution is -0.667. The second-order valence-corrected chi connectivity index (χ2v) is 24.4. The molecule has 0 radical (unpaired) electrons. The number of hydrogen-bond acceptors (Lipinski definition) is 0. The molecule has 5 nitrogen and oxygen atoms in total. The molecule has 10 aromatic rings. The van der Waals surface area contributed by atoms with Gasteiger partial charge in [-0.1, -0.05) is 105 Å². The van der Waals surface area contributed by atoms with E-state index >= 15 is 0 Å². The zero-order valence-electron chi connectivity index (χ0n) is 65.6.